The second-order valence-electron chi connectivity index (χ2n) is 5.52. The molecule has 1 saturated carbocycles. The van der Waals surface area contributed by atoms with Crippen molar-refractivity contribution in [2.24, 2.45) is 5.92 Å². The number of methoxy groups -OCH3 is 1. The van der Waals surface area contributed by atoms with Crippen molar-refractivity contribution < 1.29 is 19.1 Å². The Morgan fingerprint density at radius 3 is 2.81 bits per heavy atom. The van der Waals surface area contributed by atoms with Gasteiger partial charge in [-0.15, -0.1) is 0 Å². The molecule has 1 aliphatic heterocycles. The van der Waals surface area contributed by atoms with Crippen LogP contribution in [0.5, 0.6) is 5.75 Å². The lowest BCUT2D eigenvalue weighted by molar-refractivity contribution is -0.135. The molecule has 2 aliphatic rings. The highest BCUT2D eigenvalue weighted by molar-refractivity contribution is 6.06. The molecule has 1 aromatic rings. The van der Waals surface area contributed by atoms with E-state index >= 15 is 0 Å². The maximum Gasteiger partial charge on any atom is 0.260 e. The van der Waals surface area contributed by atoms with Crippen LogP contribution in [-0.2, 0) is 9.59 Å². The van der Waals surface area contributed by atoms with Crippen LogP contribution in [0.2, 0.25) is 0 Å². The first-order valence-corrected chi connectivity index (χ1v) is 7.15. The Morgan fingerprint density at radius 2 is 2.05 bits per heavy atom. The predicted molar refractivity (Wildman–Crippen MR) is 74.9 cm³/mol. The molecular formula is C16H17NO4. The molecule has 1 saturated heterocycles. The second-order valence-corrected chi connectivity index (χ2v) is 5.52. The summed E-state index contributed by atoms with van der Waals surface area (Å²) < 4.78 is 5.11. The standard InChI is InChI=1S/C16H17NO4/c1-21-11-4-2-3-10(9-11)16(20)17-13-6-7-14(18)12(13)5-8-15(17)19/h2-4,9,12-13H,5-8H2,1H3. The summed E-state index contributed by atoms with van der Waals surface area (Å²) in [6, 6.07) is 6.49. The van der Waals surface area contributed by atoms with Crippen molar-refractivity contribution in [1.29, 1.82) is 0 Å². The topological polar surface area (TPSA) is 63.7 Å². The molecule has 0 bridgehead atoms. The van der Waals surface area contributed by atoms with E-state index in [1.807, 2.05) is 0 Å². The van der Waals surface area contributed by atoms with Gasteiger partial charge in [-0.25, -0.2) is 0 Å². The van der Waals surface area contributed by atoms with Crippen LogP contribution in [0.3, 0.4) is 0 Å². The summed E-state index contributed by atoms with van der Waals surface area (Å²) in [6.45, 7) is 0. The number of likely N-dealkylation sites (tertiary alicyclic amines) is 1. The fourth-order valence-corrected chi connectivity index (χ4v) is 3.30. The number of ketones is 1. The third-order valence-corrected chi connectivity index (χ3v) is 4.37. The summed E-state index contributed by atoms with van der Waals surface area (Å²) in [6.07, 6.45) is 1.89. The Balaban J connectivity index is 1.91. The molecule has 1 heterocycles. The molecule has 2 amide bonds. The van der Waals surface area contributed by atoms with E-state index in [1.54, 1.807) is 24.3 Å². The molecule has 2 fully saturated rings. The van der Waals surface area contributed by atoms with Gasteiger partial charge in [0.2, 0.25) is 5.91 Å². The first-order valence-electron chi connectivity index (χ1n) is 7.15. The Hall–Kier alpha value is -2.17. The average molecular weight is 287 g/mol. The third kappa shape index (κ3) is 2.33. The number of amides is 2. The summed E-state index contributed by atoms with van der Waals surface area (Å²) in [5.41, 5.74) is 0.419. The largest absolute Gasteiger partial charge is 0.497 e. The number of hydrogen-bond donors (Lipinski definition) is 0. The van der Waals surface area contributed by atoms with Gasteiger partial charge >= 0.3 is 0 Å². The smallest absolute Gasteiger partial charge is 0.260 e. The number of imide groups is 1. The van der Waals surface area contributed by atoms with E-state index in [0.29, 0.717) is 30.6 Å². The number of Topliss-reactive ketones (excluding diaryl/α,β-unsaturated/α-hetero) is 1. The zero-order chi connectivity index (χ0) is 15.0. The Kier molecular flexibility index (Phi) is 3.49. The van der Waals surface area contributed by atoms with Gasteiger partial charge < -0.3 is 4.74 Å². The van der Waals surface area contributed by atoms with Crippen LogP contribution in [0.25, 0.3) is 0 Å². The van der Waals surface area contributed by atoms with Crippen LogP contribution in [0.4, 0.5) is 0 Å². The maximum atomic E-state index is 12.7. The lowest BCUT2D eigenvalue weighted by Crippen LogP contribution is -2.50. The van der Waals surface area contributed by atoms with Crippen molar-refractivity contribution in [2.45, 2.75) is 31.7 Å². The minimum atomic E-state index is -0.330. The van der Waals surface area contributed by atoms with Gasteiger partial charge in [0.15, 0.2) is 0 Å². The molecule has 110 valence electrons. The molecule has 0 N–H and O–H groups in total. The Bertz CT molecular complexity index is 610. The van der Waals surface area contributed by atoms with Crippen molar-refractivity contribution in [1.82, 2.24) is 4.90 Å². The lowest BCUT2D eigenvalue weighted by Gasteiger charge is -2.35. The minimum absolute atomic E-state index is 0.169. The zero-order valence-electron chi connectivity index (χ0n) is 11.9. The molecule has 0 spiro atoms. The van der Waals surface area contributed by atoms with E-state index in [4.69, 9.17) is 4.74 Å². The van der Waals surface area contributed by atoms with Gasteiger partial charge in [-0.05, 0) is 31.0 Å². The van der Waals surface area contributed by atoms with E-state index < -0.39 is 0 Å². The summed E-state index contributed by atoms with van der Waals surface area (Å²) in [5.74, 6) is 0.0691. The number of piperidine rings is 1. The monoisotopic (exact) mass is 287 g/mol. The molecule has 3 rings (SSSR count). The van der Waals surface area contributed by atoms with Gasteiger partial charge in [0.25, 0.3) is 5.91 Å². The van der Waals surface area contributed by atoms with Gasteiger partial charge in [-0.2, -0.15) is 0 Å². The Labute approximate surface area is 122 Å². The fourth-order valence-electron chi connectivity index (χ4n) is 3.30. The van der Waals surface area contributed by atoms with Crippen LogP contribution in [-0.4, -0.2) is 35.6 Å². The summed E-state index contributed by atoms with van der Waals surface area (Å²) >= 11 is 0. The maximum absolute atomic E-state index is 12.7. The van der Waals surface area contributed by atoms with Crippen molar-refractivity contribution in [2.75, 3.05) is 7.11 Å². The van der Waals surface area contributed by atoms with Crippen LogP contribution in [0, 0.1) is 5.92 Å². The average Bonchev–Trinajstić information content (AvgIpc) is 2.88. The molecule has 1 aromatic carbocycles. The lowest BCUT2D eigenvalue weighted by atomic mass is 9.90. The number of hydrogen-bond acceptors (Lipinski definition) is 4. The molecular weight excluding hydrogens is 270 g/mol. The molecule has 2 unspecified atom stereocenters. The van der Waals surface area contributed by atoms with E-state index in [0.717, 1.165) is 0 Å². The molecule has 2 atom stereocenters. The minimum Gasteiger partial charge on any atom is -0.497 e. The van der Waals surface area contributed by atoms with Gasteiger partial charge in [-0.3, -0.25) is 19.3 Å². The van der Waals surface area contributed by atoms with Crippen molar-refractivity contribution in [3.05, 3.63) is 29.8 Å². The quantitative estimate of drug-likeness (QED) is 0.778. The SMILES string of the molecule is COc1cccc(C(=O)N2C(=O)CCC3C(=O)CCC32)c1. The van der Waals surface area contributed by atoms with E-state index in [1.165, 1.54) is 12.0 Å². The highest BCUT2D eigenvalue weighted by Crippen LogP contribution is 2.36. The summed E-state index contributed by atoms with van der Waals surface area (Å²) in [4.78, 5) is 38.0. The summed E-state index contributed by atoms with van der Waals surface area (Å²) in [7, 11) is 1.53. The number of carbonyl (C=O) groups excluding carboxylic acids is 3. The van der Waals surface area contributed by atoms with Crippen LogP contribution >= 0.6 is 0 Å². The number of benzene rings is 1. The number of carbonyl (C=O) groups is 3. The Morgan fingerprint density at radius 1 is 1.24 bits per heavy atom. The van der Waals surface area contributed by atoms with Gasteiger partial charge in [0, 0.05) is 24.3 Å². The molecule has 0 aromatic heterocycles. The number of fused-ring (bicyclic) bond motifs is 1. The fraction of sp³-hybridized carbons (Fsp3) is 0.438. The number of ether oxygens (including phenoxy) is 1. The van der Waals surface area contributed by atoms with Gasteiger partial charge in [0.1, 0.15) is 11.5 Å². The molecule has 5 nitrogen and oxygen atoms in total. The van der Waals surface area contributed by atoms with Crippen molar-refractivity contribution in [3.63, 3.8) is 0 Å². The highest BCUT2D eigenvalue weighted by atomic mass is 16.5. The third-order valence-electron chi connectivity index (χ3n) is 4.37. The van der Waals surface area contributed by atoms with Gasteiger partial charge in [0.05, 0.1) is 13.2 Å². The van der Waals surface area contributed by atoms with E-state index in [-0.39, 0.29) is 36.0 Å². The first kappa shape index (κ1) is 13.8. The molecule has 21 heavy (non-hydrogen) atoms. The molecule has 5 heteroatoms. The normalized spacial score (nSPS) is 24.9. The molecule has 1 aliphatic carbocycles. The second kappa shape index (κ2) is 5.31. The van der Waals surface area contributed by atoms with Crippen LogP contribution < -0.4 is 4.74 Å². The first-order chi connectivity index (χ1) is 10.1. The number of rotatable bonds is 2. The van der Waals surface area contributed by atoms with Crippen LogP contribution in [0.15, 0.2) is 24.3 Å². The van der Waals surface area contributed by atoms with E-state index in [9.17, 15) is 14.4 Å². The van der Waals surface area contributed by atoms with Crippen LogP contribution in [0.1, 0.15) is 36.0 Å². The van der Waals surface area contributed by atoms with Crippen molar-refractivity contribution in [3.8, 4) is 5.75 Å². The summed E-state index contributed by atoms with van der Waals surface area (Å²) in [5, 5.41) is 0. The van der Waals surface area contributed by atoms with Gasteiger partial charge in [-0.1, -0.05) is 6.07 Å². The van der Waals surface area contributed by atoms with Crippen molar-refractivity contribution >= 4 is 17.6 Å². The highest BCUT2D eigenvalue weighted by Gasteiger charge is 2.46. The molecule has 0 radical (unpaired) electrons. The zero-order valence-corrected chi connectivity index (χ0v) is 11.9. The van der Waals surface area contributed by atoms with E-state index in [2.05, 4.69) is 0 Å². The number of nitrogens with zero attached hydrogens (tertiary/aromatic N) is 1. The predicted octanol–water partition coefficient (Wildman–Crippen LogP) is 1.81.